The molecule has 0 aromatic carbocycles. The lowest BCUT2D eigenvalue weighted by Crippen LogP contribution is -2.38. The molecule has 2 N–H and O–H groups in total. The van der Waals surface area contributed by atoms with Gasteiger partial charge in [0.05, 0.1) is 11.3 Å². The molecule has 0 bridgehead atoms. The molecule has 2 aromatic heterocycles. The van der Waals surface area contributed by atoms with Gasteiger partial charge in [0.15, 0.2) is 0 Å². The van der Waals surface area contributed by atoms with Gasteiger partial charge < -0.3 is 10.4 Å². The smallest absolute Gasteiger partial charge is 0.305 e. The maximum absolute atomic E-state index is 11.8. The van der Waals surface area contributed by atoms with Crippen molar-refractivity contribution in [3.8, 4) is 10.7 Å². The maximum Gasteiger partial charge on any atom is 0.305 e. The number of nitrogens with zero attached hydrogens (tertiary/aromatic N) is 4. The Morgan fingerprint density at radius 3 is 2.95 bits per heavy atom. The fourth-order valence-corrected chi connectivity index (χ4v) is 2.37. The number of carboxylic acid groups (broad SMARTS) is 1. The lowest BCUT2D eigenvalue weighted by molar-refractivity contribution is -0.137. The zero-order valence-electron chi connectivity index (χ0n) is 11.4. The molecule has 0 radical (unpaired) electrons. The maximum atomic E-state index is 11.8. The molecular formula is C12H15N5O3S. The number of amides is 1. The molecule has 0 saturated heterocycles. The van der Waals surface area contributed by atoms with Crippen LogP contribution in [0.2, 0.25) is 0 Å². The first-order valence-corrected chi connectivity index (χ1v) is 7.29. The van der Waals surface area contributed by atoms with Gasteiger partial charge in [0, 0.05) is 6.04 Å². The number of carboxylic acids is 1. The normalized spacial score (nSPS) is 12.0. The topological polar surface area (TPSA) is 110 Å². The van der Waals surface area contributed by atoms with E-state index in [9.17, 15) is 9.59 Å². The molecule has 2 rings (SSSR count). The van der Waals surface area contributed by atoms with Crippen LogP contribution in [-0.2, 0) is 16.1 Å². The van der Waals surface area contributed by atoms with Crippen molar-refractivity contribution >= 4 is 23.2 Å². The fraction of sp³-hybridized carbons (Fsp3) is 0.417. The molecule has 0 saturated carbocycles. The summed E-state index contributed by atoms with van der Waals surface area (Å²) in [4.78, 5) is 24.5. The Hall–Kier alpha value is -2.29. The third-order valence-electron chi connectivity index (χ3n) is 2.76. The summed E-state index contributed by atoms with van der Waals surface area (Å²) in [5.41, 5.74) is 0. The second-order valence-electron chi connectivity index (χ2n) is 4.39. The van der Waals surface area contributed by atoms with Gasteiger partial charge in [-0.1, -0.05) is 13.0 Å². The van der Waals surface area contributed by atoms with Crippen LogP contribution in [0.4, 0.5) is 0 Å². The van der Waals surface area contributed by atoms with E-state index in [1.54, 1.807) is 0 Å². The first kappa shape index (κ1) is 15.1. The largest absolute Gasteiger partial charge is 0.481 e. The van der Waals surface area contributed by atoms with E-state index in [2.05, 4.69) is 20.7 Å². The van der Waals surface area contributed by atoms with Crippen LogP contribution in [0.3, 0.4) is 0 Å². The summed E-state index contributed by atoms with van der Waals surface area (Å²) in [6, 6.07) is 3.35. The highest BCUT2D eigenvalue weighted by Crippen LogP contribution is 2.19. The molecule has 112 valence electrons. The van der Waals surface area contributed by atoms with Crippen molar-refractivity contribution in [3.05, 3.63) is 17.5 Å². The Kier molecular flexibility index (Phi) is 4.99. The molecule has 0 aliphatic rings. The molecule has 8 nitrogen and oxygen atoms in total. The quantitative estimate of drug-likeness (QED) is 0.781. The molecule has 1 unspecified atom stereocenters. The molecule has 1 amide bonds. The van der Waals surface area contributed by atoms with Crippen molar-refractivity contribution < 1.29 is 14.7 Å². The van der Waals surface area contributed by atoms with E-state index in [0.29, 0.717) is 12.2 Å². The van der Waals surface area contributed by atoms with E-state index in [-0.39, 0.29) is 18.9 Å². The number of tetrazole rings is 1. The van der Waals surface area contributed by atoms with Crippen LogP contribution in [0.25, 0.3) is 10.7 Å². The molecule has 21 heavy (non-hydrogen) atoms. The lowest BCUT2D eigenvalue weighted by atomic mass is 10.1. The highest BCUT2D eigenvalue weighted by Gasteiger charge is 2.15. The van der Waals surface area contributed by atoms with Crippen LogP contribution >= 0.6 is 11.3 Å². The summed E-state index contributed by atoms with van der Waals surface area (Å²) >= 11 is 1.49. The zero-order valence-corrected chi connectivity index (χ0v) is 12.2. The van der Waals surface area contributed by atoms with Crippen molar-refractivity contribution in [1.29, 1.82) is 0 Å². The van der Waals surface area contributed by atoms with Crippen LogP contribution < -0.4 is 5.32 Å². The van der Waals surface area contributed by atoms with Gasteiger partial charge in [0.25, 0.3) is 0 Å². The minimum absolute atomic E-state index is 0.0888. The van der Waals surface area contributed by atoms with Crippen LogP contribution in [0.1, 0.15) is 19.8 Å². The van der Waals surface area contributed by atoms with E-state index >= 15 is 0 Å². The van der Waals surface area contributed by atoms with Gasteiger partial charge in [-0.05, 0) is 23.1 Å². The van der Waals surface area contributed by atoms with Crippen molar-refractivity contribution in [3.63, 3.8) is 0 Å². The average Bonchev–Trinajstić information content (AvgIpc) is 3.07. The van der Waals surface area contributed by atoms with Gasteiger partial charge in [-0.15, -0.1) is 21.5 Å². The summed E-state index contributed by atoms with van der Waals surface area (Å²) in [6.45, 7) is 1.73. The monoisotopic (exact) mass is 309 g/mol. The Morgan fingerprint density at radius 2 is 2.33 bits per heavy atom. The van der Waals surface area contributed by atoms with E-state index in [0.717, 1.165) is 4.88 Å². The number of carbonyl (C=O) groups excluding carboxylic acids is 1. The molecular weight excluding hydrogens is 294 g/mol. The van der Waals surface area contributed by atoms with E-state index in [1.807, 2.05) is 24.4 Å². The van der Waals surface area contributed by atoms with Crippen LogP contribution in [0.15, 0.2) is 17.5 Å². The fourth-order valence-electron chi connectivity index (χ4n) is 1.72. The van der Waals surface area contributed by atoms with Crippen molar-refractivity contribution in [2.75, 3.05) is 0 Å². The van der Waals surface area contributed by atoms with E-state index in [4.69, 9.17) is 5.11 Å². The second-order valence-corrected chi connectivity index (χ2v) is 5.34. The van der Waals surface area contributed by atoms with Crippen molar-refractivity contribution in [1.82, 2.24) is 25.5 Å². The Labute approximate surface area is 124 Å². The van der Waals surface area contributed by atoms with Crippen molar-refractivity contribution in [2.24, 2.45) is 0 Å². The highest BCUT2D eigenvalue weighted by molar-refractivity contribution is 7.13. The third kappa shape index (κ3) is 4.35. The molecule has 2 heterocycles. The molecule has 0 aliphatic carbocycles. The number of thiophene rings is 1. The van der Waals surface area contributed by atoms with E-state index < -0.39 is 12.0 Å². The predicted octanol–water partition coefficient (Wildman–Crippen LogP) is 0.771. The summed E-state index contributed by atoms with van der Waals surface area (Å²) in [5.74, 6) is -0.811. The minimum atomic E-state index is -0.944. The first-order chi connectivity index (χ1) is 10.1. The van der Waals surface area contributed by atoms with E-state index in [1.165, 1.54) is 16.1 Å². The first-order valence-electron chi connectivity index (χ1n) is 6.41. The SMILES string of the molecule is CCC(CC(=O)O)NC(=O)Cn1nnc(-c2cccs2)n1. The number of rotatable bonds is 7. The Bertz CT molecular complexity index is 610. The van der Waals surface area contributed by atoms with Gasteiger partial charge in [-0.3, -0.25) is 9.59 Å². The van der Waals surface area contributed by atoms with Crippen LogP contribution in [0, 0.1) is 0 Å². The summed E-state index contributed by atoms with van der Waals surface area (Å²) < 4.78 is 0. The molecule has 0 aliphatic heterocycles. The molecule has 0 fully saturated rings. The standard InChI is InChI=1S/C12H15N5O3S/c1-2-8(6-11(19)20)13-10(18)7-17-15-12(14-16-17)9-4-3-5-21-9/h3-5,8H,2,6-7H2,1H3,(H,13,18)(H,19,20). The van der Waals surface area contributed by atoms with Gasteiger partial charge in [-0.2, -0.15) is 4.80 Å². The third-order valence-corrected chi connectivity index (χ3v) is 3.62. The van der Waals surface area contributed by atoms with Crippen LogP contribution in [0.5, 0.6) is 0 Å². The summed E-state index contributed by atoms with van der Waals surface area (Å²) in [6.07, 6.45) is 0.441. The highest BCUT2D eigenvalue weighted by atomic mass is 32.1. The molecule has 9 heteroatoms. The number of hydrogen-bond donors (Lipinski definition) is 2. The molecule has 0 spiro atoms. The number of aromatic nitrogens is 4. The van der Waals surface area contributed by atoms with Gasteiger partial charge >= 0.3 is 5.97 Å². The number of hydrogen-bond acceptors (Lipinski definition) is 6. The second kappa shape index (κ2) is 6.93. The number of carbonyl (C=O) groups is 2. The number of nitrogens with one attached hydrogen (secondary N) is 1. The minimum Gasteiger partial charge on any atom is -0.481 e. The Morgan fingerprint density at radius 1 is 1.52 bits per heavy atom. The van der Waals surface area contributed by atoms with Gasteiger partial charge in [0.1, 0.15) is 6.54 Å². The molecule has 1 atom stereocenters. The Balaban J connectivity index is 1.92. The zero-order chi connectivity index (χ0) is 15.2. The van der Waals surface area contributed by atoms with Gasteiger partial charge in [-0.25, -0.2) is 0 Å². The summed E-state index contributed by atoms with van der Waals surface area (Å²) in [5, 5.41) is 25.1. The average molecular weight is 309 g/mol. The molecule has 2 aromatic rings. The van der Waals surface area contributed by atoms with Crippen LogP contribution in [-0.4, -0.2) is 43.2 Å². The van der Waals surface area contributed by atoms with Gasteiger partial charge in [0.2, 0.25) is 11.7 Å². The number of aliphatic carboxylic acids is 1. The lowest BCUT2D eigenvalue weighted by Gasteiger charge is -2.14. The summed E-state index contributed by atoms with van der Waals surface area (Å²) in [7, 11) is 0. The predicted molar refractivity (Wildman–Crippen MR) is 75.6 cm³/mol. The van der Waals surface area contributed by atoms with Crippen molar-refractivity contribution in [2.45, 2.75) is 32.4 Å².